The monoisotopic (exact) mass is 233 g/mol. The number of nitriles is 1. The van der Waals surface area contributed by atoms with Crippen LogP contribution in [0.3, 0.4) is 0 Å². The van der Waals surface area contributed by atoms with Crippen molar-refractivity contribution in [3.63, 3.8) is 0 Å². The summed E-state index contributed by atoms with van der Waals surface area (Å²) in [5.41, 5.74) is 3.59. The molecule has 1 heteroatoms. The average Bonchev–Trinajstić information content (AvgIpc) is 2.46. The summed E-state index contributed by atoms with van der Waals surface area (Å²) in [6.45, 7) is 0. The lowest BCUT2D eigenvalue weighted by molar-refractivity contribution is 1.06. The van der Waals surface area contributed by atoms with Gasteiger partial charge in [-0.3, -0.25) is 0 Å². The van der Waals surface area contributed by atoms with Gasteiger partial charge in [-0.05, 0) is 23.1 Å². The maximum absolute atomic E-state index is 8.64. The quantitative estimate of drug-likeness (QED) is 0.717. The molecule has 0 fully saturated rings. The van der Waals surface area contributed by atoms with Gasteiger partial charge in [-0.1, -0.05) is 66.7 Å². The first kappa shape index (κ1) is 12.1. The molecule has 0 atom stereocenters. The van der Waals surface area contributed by atoms with E-state index in [1.807, 2.05) is 36.4 Å². The van der Waals surface area contributed by atoms with E-state index in [-0.39, 0.29) is 0 Å². The fourth-order valence-corrected chi connectivity index (χ4v) is 1.92. The lowest BCUT2D eigenvalue weighted by Gasteiger charge is -2.08. The van der Waals surface area contributed by atoms with Crippen molar-refractivity contribution >= 4 is 5.57 Å². The van der Waals surface area contributed by atoms with Gasteiger partial charge in [0, 0.05) is 6.42 Å². The van der Waals surface area contributed by atoms with E-state index in [4.69, 9.17) is 5.26 Å². The number of nitrogens with zero attached hydrogens (tertiary/aromatic N) is 1. The van der Waals surface area contributed by atoms with E-state index in [0.717, 1.165) is 6.42 Å². The molecule has 0 aliphatic carbocycles. The van der Waals surface area contributed by atoms with E-state index in [2.05, 4.69) is 36.4 Å². The van der Waals surface area contributed by atoms with Crippen LogP contribution in [0.15, 0.2) is 66.7 Å². The zero-order valence-electron chi connectivity index (χ0n) is 10.2. The van der Waals surface area contributed by atoms with E-state index in [1.54, 1.807) is 0 Å². The summed E-state index contributed by atoms with van der Waals surface area (Å²) in [7, 11) is 0. The third-order valence-electron chi connectivity index (χ3n) is 2.77. The van der Waals surface area contributed by atoms with Gasteiger partial charge < -0.3 is 0 Å². The van der Waals surface area contributed by atoms with Crippen LogP contribution in [-0.2, 0) is 0 Å². The van der Waals surface area contributed by atoms with Crippen molar-refractivity contribution in [2.24, 2.45) is 0 Å². The summed E-state index contributed by atoms with van der Waals surface area (Å²) < 4.78 is 0. The molecule has 0 saturated carbocycles. The second-order valence-electron chi connectivity index (χ2n) is 4.05. The second-order valence-corrected chi connectivity index (χ2v) is 4.05. The number of hydrogen-bond acceptors (Lipinski definition) is 1. The zero-order chi connectivity index (χ0) is 12.6. The zero-order valence-corrected chi connectivity index (χ0v) is 10.2. The summed E-state index contributed by atoms with van der Waals surface area (Å²) in [6, 6.07) is 22.8. The first-order valence-corrected chi connectivity index (χ1v) is 6.10. The van der Waals surface area contributed by atoms with Crippen LogP contribution in [0.1, 0.15) is 24.0 Å². The molecule has 0 bridgehead atoms. The molecule has 0 amide bonds. The van der Waals surface area contributed by atoms with E-state index in [0.29, 0.717) is 6.42 Å². The molecule has 88 valence electrons. The van der Waals surface area contributed by atoms with Crippen LogP contribution < -0.4 is 0 Å². The largest absolute Gasteiger partial charge is 0.198 e. The van der Waals surface area contributed by atoms with Crippen molar-refractivity contribution in [3.8, 4) is 6.07 Å². The summed E-state index contributed by atoms with van der Waals surface area (Å²) in [6.07, 6.45) is 3.49. The van der Waals surface area contributed by atoms with Crippen molar-refractivity contribution in [1.82, 2.24) is 0 Å². The first-order valence-electron chi connectivity index (χ1n) is 6.10. The van der Waals surface area contributed by atoms with Crippen molar-refractivity contribution < 1.29 is 0 Å². The summed E-state index contributed by atoms with van der Waals surface area (Å²) in [5, 5.41) is 8.64. The van der Waals surface area contributed by atoms with E-state index >= 15 is 0 Å². The van der Waals surface area contributed by atoms with Gasteiger partial charge in [0.05, 0.1) is 6.07 Å². The minimum atomic E-state index is 0.559. The first-order chi connectivity index (χ1) is 8.92. The van der Waals surface area contributed by atoms with Crippen LogP contribution in [0, 0.1) is 11.3 Å². The predicted octanol–water partition coefficient (Wildman–Crippen LogP) is 4.42. The Morgan fingerprint density at radius 1 is 0.889 bits per heavy atom. The molecule has 0 radical (unpaired) electrons. The molecular formula is C17H15N. The van der Waals surface area contributed by atoms with Crippen LogP contribution in [0.5, 0.6) is 0 Å². The number of unbranched alkanes of at least 4 members (excludes halogenated alkanes) is 1. The van der Waals surface area contributed by atoms with Gasteiger partial charge in [0.2, 0.25) is 0 Å². The Kier molecular flexibility index (Phi) is 4.33. The van der Waals surface area contributed by atoms with Gasteiger partial charge in [-0.2, -0.15) is 5.26 Å². The highest BCUT2D eigenvalue weighted by Gasteiger charge is 2.03. The normalized spacial score (nSPS) is 9.50. The van der Waals surface area contributed by atoms with Crippen LogP contribution in [0.4, 0.5) is 0 Å². The lowest BCUT2D eigenvalue weighted by Crippen LogP contribution is -1.87. The highest BCUT2D eigenvalue weighted by atomic mass is 14.2. The van der Waals surface area contributed by atoms with Crippen molar-refractivity contribution in [3.05, 3.63) is 77.9 Å². The molecule has 2 aromatic carbocycles. The number of allylic oxidation sites excluding steroid dienone is 1. The Balaban J connectivity index is 2.36. The van der Waals surface area contributed by atoms with E-state index in [9.17, 15) is 0 Å². The second kappa shape index (κ2) is 6.42. The third-order valence-corrected chi connectivity index (χ3v) is 2.77. The highest BCUT2D eigenvalue weighted by Crippen LogP contribution is 2.23. The van der Waals surface area contributed by atoms with Crippen molar-refractivity contribution in [2.45, 2.75) is 12.8 Å². The smallest absolute Gasteiger partial charge is 0.0625 e. The third kappa shape index (κ3) is 3.09. The van der Waals surface area contributed by atoms with E-state index < -0.39 is 0 Å². The lowest BCUT2D eigenvalue weighted by atomic mass is 9.97. The van der Waals surface area contributed by atoms with Gasteiger partial charge in [0.1, 0.15) is 0 Å². The van der Waals surface area contributed by atoms with Gasteiger partial charge >= 0.3 is 0 Å². The Labute approximate surface area is 108 Å². The molecule has 0 aliphatic rings. The standard InChI is InChI=1S/C17H15N/c18-14-8-7-13-17(15-9-3-1-4-10-15)16-11-5-2-6-12-16/h1-6,9-13H,7-8H2. The van der Waals surface area contributed by atoms with Crippen LogP contribution >= 0.6 is 0 Å². The molecule has 18 heavy (non-hydrogen) atoms. The van der Waals surface area contributed by atoms with Gasteiger partial charge in [-0.25, -0.2) is 0 Å². The summed E-state index contributed by atoms with van der Waals surface area (Å²) in [5.74, 6) is 0. The minimum Gasteiger partial charge on any atom is -0.198 e. The number of hydrogen-bond donors (Lipinski definition) is 0. The van der Waals surface area contributed by atoms with E-state index in [1.165, 1.54) is 16.7 Å². The molecule has 0 spiro atoms. The van der Waals surface area contributed by atoms with Gasteiger partial charge in [0.25, 0.3) is 0 Å². The predicted molar refractivity (Wildman–Crippen MR) is 74.8 cm³/mol. The number of benzene rings is 2. The minimum absolute atomic E-state index is 0.559. The molecule has 1 nitrogen and oxygen atoms in total. The molecule has 0 aliphatic heterocycles. The molecule has 0 N–H and O–H groups in total. The van der Waals surface area contributed by atoms with Crippen LogP contribution in [0.2, 0.25) is 0 Å². The molecule has 0 saturated heterocycles. The topological polar surface area (TPSA) is 23.8 Å². The average molecular weight is 233 g/mol. The molecule has 0 heterocycles. The number of rotatable bonds is 4. The van der Waals surface area contributed by atoms with Crippen molar-refractivity contribution in [1.29, 1.82) is 5.26 Å². The molecular weight excluding hydrogens is 218 g/mol. The molecule has 0 aromatic heterocycles. The fraction of sp³-hybridized carbons (Fsp3) is 0.118. The van der Waals surface area contributed by atoms with Crippen LogP contribution in [0.25, 0.3) is 5.57 Å². The van der Waals surface area contributed by atoms with Gasteiger partial charge in [-0.15, -0.1) is 0 Å². The van der Waals surface area contributed by atoms with Crippen molar-refractivity contribution in [2.75, 3.05) is 0 Å². The fourth-order valence-electron chi connectivity index (χ4n) is 1.92. The SMILES string of the molecule is N#CCCC=C(c1ccccc1)c1ccccc1. The molecule has 2 rings (SSSR count). The maximum Gasteiger partial charge on any atom is 0.0625 e. The summed E-state index contributed by atoms with van der Waals surface area (Å²) in [4.78, 5) is 0. The Hall–Kier alpha value is -2.33. The molecule has 0 unspecified atom stereocenters. The Morgan fingerprint density at radius 2 is 1.39 bits per heavy atom. The Bertz CT molecular complexity index is 506. The van der Waals surface area contributed by atoms with Crippen LogP contribution in [-0.4, -0.2) is 0 Å². The van der Waals surface area contributed by atoms with Gasteiger partial charge in [0.15, 0.2) is 0 Å². The Morgan fingerprint density at radius 3 is 1.83 bits per heavy atom. The maximum atomic E-state index is 8.64. The highest BCUT2D eigenvalue weighted by molar-refractivity contribution is 5.79. The molecule has 2 aromatic rings. The summed E-state index contributed by atoms with van der Waals surface area (Å²) >= 11 is 0.